The van der Waals surface area contributed by atoms with Crippen LogP contribution in [0.3, 0.4) is 0 Å². The van der Waals surface area contributed by atoms with Gasteiger partial charge >= 0.3 is 0 Å². The Morgan fingerprint density at radius 1 is 1.35 bits per heavy atom. The van der Waals surface area contributed by atoms with Crippen molar-refractivity contribution in [2.75, 3.05) is 6.54 Å². The van der Waals surface area contributed by atoms with Crippen molar-refractivity contribution >= 4 is 11.6 Å². The van der Waals surface area contributed by atoms with E-state index in [2.05, 4.69) is 5.10 Å². The maximum absolute atomic E-state index is 12.8. The Hall–Kier alpha value is -1.39. The number of nitrogens with two attached hydrogens (primary N) is 1. The molecule has 1 heterocycles. The molecule has 0 saturated heterocycles. The highest BCUT2D eigenvalue weighted by Crippen LogP contribution is 2.23. The standard InChI is InChI=1S/C12H13ClFN3/c1-8-11(6-7-15)12(13)17(16-8)10-4-2-9(14)3-5-10/h2-5H,6-7,15H2,1H3. The van der Waals surface area contributed by atoms with E-state index < -0.39 is 0 Å². The Morgan fingerprint density at radius 3 is 2.59 bits per heavy atom. The molecule has 3 nitrogen and oxygen atoms in total. The first-order chi connectivity index (χ1) is 8.13. The fraction of sp³-hybridized carbons (Fsp3) is 0.250. The van der Waals surface area contributed by atoms with Crippen LogP contribution in [-0.2, 0) is 6.42 Å². The van der Waals surface area contributed by atoms with E-state index >= 15 is 0 Å². The van der Waals surface area contributed by atoms with Crippen LogP contribution in [0.2, 0.25) is 5.15 Å². The molecule has 0 aliphatic heterocycles. The van der Waals surface area contributed by atoms with Crippen molar-refractivity contribution in [3.63, 3.8) is 0 Å². The van der Waals surface area contributed by atoms with Gasteiger partial charge in [-0.3, -0.25) is 0 Å². The van der Waals surface area contributed by atoms with Gasteiger partial charge in [0.2, 0.25) is 0 Å². The van der Waals surface area contributed by atoms with Crippen molar-refractivity contribution in [1.29, 1.82) is 0 Å². The normalized spacial score (nSPS) is 10.8. The average Bonchev–Trinajstić information content (AvgIpc) is 2.59. The van der Waals surface area contributed by atoms with Crippen molar-refractivity contribution in [2.45, 2.75) is 13.3 Å². The second kappa shape index (κ2) is 4.85. The van der Waals surface area contributed by atoms with Gasteiger partial charge in [-0.15, -0.1) is 0 Å². The van der Waals surface area contributed by atoms with E-state index in [0.29, 0.717) is 18.1 Å². The summed E-state index contributed by atoms with van der Waals surface area (Å²) >= 11 is 6.23. The quantitative estimate of drug-likeness (QED) is 0.913. The van der Waals surface area contributed by atoms with Crippen LogP contribution in [0.4, 0.5) is 4.39 Å². The lowest BCUT2D eigenvalue weighted by Crippen LogP contribution is -2.03. The van der Waals surface area contributed by atoms with E-state index in [9.17, 15) is 4.39 Å². The molecule has 2 rings (SSSR count). The summed E-state index contributed by atoms with van der Waals surface area (Å²) in [7, 11) is 0. The molecular formula is C12H13ClFN3. The molecule has 0 fully saturated rings. The van der Waals surface area contributed by atoms with Crippen LogP contribution in [0.1, 0.15) is 11.3 Å². The number of benzene rings is 1. The molecule has 0 saturated carbocycles. The van der Waals surface area contributed by atoms with Crippen LogP contribution in [0, 0.1) is 12.7 Å². The summed E-state index contributed by atoms with van der Waals surface area (Å²) in [6.45, 7) is 2.41. The third-order valence-corrected chi connectivity index (χ3v) is 2.98. The lowest BCUT2D eigenvalue weighted by Gasteiger charge is -2.03. The second-order valence-corrected chi connectivity index (χ2v) is 4.14. The van der Waals surface area contributed by atoms with Gasteiger partial charge in [-0.05, 0) is 44.2 Å². The Kier molecular flexibility index (Phi) is 3.45. The van der Waals surface area contributed by atoms with Gasteiger partial charge in [0.05, 0.1) is 11.4 Å². The summed E-state index contributed by atoms with van der Waals surface area (Å²) in [6, 6.07) is 6.04. The van der Waals surface area contributed by atoms with Crippen LogP contribution >= 0.6 is 11.6 Å². The van der Waals surface area contributed by atoms with Gasteiger partial charge in [0.15, 0.2) is 0 Å². The topological polar surface area (TPSA) is 43.8 Å². The predicted molar refractivity (Wildman–Crippen MR) is 66.0 cm³/mol. The fourth-order valence-electron chi connectivity index (χ4n) is 1.71. The number of nitrogens with zero attached hydrogens (tertiary/aromatic N) is 2. The number of aryl methyl sites for hydroxylation is 1. The van der Waals surface area contributed by atoms with Crippen LogP contribution in [-0.4, -0.2) is 16.3 Å². The Balaban J connectivity index is 2.46. The van der Waals surface area contributed by atoms with Crippen molar-refractivity contribution in [3.8, 4) is 5.69 Å². The molecule has 0 bridgehead atoms. The molecule has 0 spiro atoms. The molecule has 90 valence electrons. The first-order valence-electron chi connectivity index (χ1n) is 5.33. The zero-order valence-corrected chi connectivity index (χ0v) is 10.2. The molecule has 0 atom stereocenters. The van der Waals surface area contributed by atoms with Crippen molar-refractivity contribution in [1.82, 2.24) is 9.78 Å². The maximum Gasteiger partial charge on any atom is 0.136 e. The zero-order valence-electron chi connectivity index (χ0n) is 9.45. The van der Waals surface area contributed by atoms with E-state index in [4.69, 9.17) is 17.3 Å². The highest BCUT2D eigenvalue weighted by atomic mass is 35.5. The molecule has 0 aliphatic rings. The van der Waals surface area contributed by atoms with Gasteiger partial charge in [-0.25, -0.2) is 9.07 Å². The summed E-state index contributed by atoms with van der Waals surface area (Å²) in [5.74, 6) is -0.282. The molecule has 5 heteroatoms. The lowest BCUT2D eigenvalue weighted by atomic mass is 10.2. The van der Waals surface area contributed by atoms with Crippen molar-refractivity contribution < 1.29 is 4.39 Å². The number of halogens is 2. The molecular weight excluding hydrogens is 241 g/mol. The van der Waals surface area contributed by atoms with Gasteiger partial charge in [0.1, 0.15) is 11.0 Å². The minimum Gasteiger partial charge on any atom is -0.330 e. The highest BCUT2D eigenvalue weighted by molar-refractivity contribution is 6.30. The van der Waals surface area contributed by atoms with Crippen molar-refractivity contribution in [2.24, 2.45) is 5.73 Å². The monoisotopic (exact) mass is 253 g/mol. The van der Waals surface area contributed by atoms with E-state index in [1.54, 1.807) is 16.8 Å². The van der Waals surface area contributed by atoms with Gasteiger partial charge in [-0.2, -0.15) is 5.10 Å². The van der Waals surface area contributed by atoms with E-state index in [0.717, 1.165) is 16.9 Å². The predicted octanol–water partition coefficient (Wildman–Crippen LogP) is 2.47. The molecule has 0 amide bonds. The molecule has 0 radical (unpaired) electrons. The molecule has 1 aromatic heterocycles. The molecule has 0 aliphatic carbocycles. The van der Waals surface area contributed by atoms with Crippen LogP contribution < -0.4 is 5.73 Å². The molecule has 0 unspecified atom stereocenters. The number of hydrogen-bond acceptors (Lipinski definition) is 2. The van der Waals surface area contributed by atoms with Crippen LogP contribution in [0.5, 0.6) is 0 Å². The third kappa shape index (κ3) is 2.33. The first-order valence-corrected chi connectivity index (χ1v) is 5.71. The zero-order chi connectivity index (χ0) is 12.4. The summed E-state index contributed by atoms with van der Waals surface area (Å²) in [5, 5.41) is 4.88. The summed E-state index contributed by atoms with van der Waals surface area (Å²) in [4.78, 5) is 0. The Bertz CT molecular complexity index is 519. The van der Waals surface area contributed by atoms with E-state index in [-0.39, 0.29) is 5.82 Å². The van der Waals surface area contributed by atoms with E-state index in [1.165, 1.54) is 12.1 Å². The smallest absolute Gasteiger partial charge is 0.136 e. The van der Waals surface area contributed by atoms with E-state index in [1.807, 2.05) is 6.92 Å². The van der Waals surface area contributed by atoms with Crippen LogP contribution in [0.15, 0.2) is 24.3 Å². The number of aromatic nitrogens is 2. The Morgan fingerprint density at radius 2 is 2.00 bits per heavy atom. The summed E-state index contributed by atoms with van der Waals surface area (Å²) < 4.78 is 14.4. The average molecular weight is 254 g/mol. The van der Waals surface area contributed by atoms with Gasteiger partial charge in [0, 0.05) is 5.56 Å². The molecule has 2 N–H and O–H groups in total. The van der Waals surface area contributed by atoms with Gasteiger partial charge in [-0.1, -0.05) is 11.6 Å². The second-order valence-electron chi connectivity index (χ2n) is 3.78. The van der Waals surface area contributed by atoms with Crippen LogP contribution in [0.25, 0.3) is 5.69 Å². The summed E-state index contributed by atoms with van der Waals surface area (Å²) in [6.07, 6.45) is 0.686. The van der Waals surface area contributed by atoms with Crippen molar-refractivity contribution in [3.05, 3.63) is 46.5 Å². The number of hydrogen-bond donors (Lipinski definition) is 1. The largest absolute Gasteiger partial charge is 0.330 e. The molecule has 1 aromatic carbocycles. The maximum atomic E-state index is 12.8. The minimum atomic E-state index is -0.282. The number of rotatable bonds is 3. The summed E-state index contributed by atoms with van der Waals surface area (Å²) in [5.41, 5.74) is 8.05. The molecule has 2 aromatic rings. The highest BCUT2D eigenvalue weighted by Gasteiger charge is 2.13. The molecule has 17 heavy (non-hydrogen) atoms. The SMILES string of the molecule is Cc1nn(-c2ccc(F)cc2)c(Cl)c1CCN. The Labute approximate surface area is 104 Å². The van der Waals surface area contributed by atoms with Gasteiger partial charge < -0.3 is 5.73 Å². The lowest BCUT2D eigenvalue weighted by molar-refractivity contribution is 0.627. The first kappa shape index (κ1) is 12.1. The third-order valence-electron chi connectivity index (χ3n) is 2.59. The minimum absolute atomic E-state index is 0.282. The van der Waals surface area contributed by atoms with Gasteiger partial charge in [0.25, 0.3) is 0 Å². The fourth-order valence-corrected chi connectivity index (χ4v) is 2.08.